The van der Waals surface area contributed by atoms with Gasteiger partial charge in [-0.1, -0.05) is 54.2 Å². The number of thioether (sulfide) groups is 1. The molecular formula is C23H17F3N4OS. The first-order chi connectivity index (χ1) is 15.4. The molecule has 5 nitrogen and oxygen atoms in total. The van der Waals surface area contributed by atoms with E-state index in [9.17, 15) is 18.0 Å². The van der Waals surface area contributed by atoms with Gasteiger partial charge in [0, 0.05) is 5.69 Å². The van der Waals surface area contributed by atoms with Gasteiger partial charge in [0.2, 0.25) is 5.91 Å². The summed E-state index contributed by atoms with van der Waals surface area (Å²) in [6, 6.07) is 19.6. The van der Waals surface area contributed by atoms with Gasteiger partial charge < -0.3 is 10.3 Å². The van der Waals surface area contributed by atoms with E-state index in [1.807, 2.05) is 6.07 Å². The molecule has 0 aliphatic rings. The molecule has 1 aromatic heterocycles. The average Bonchev–Trinajstić information content (AvgIpc) is 3.32. The smallest absolute Gasteiger partial charge is 0.325 e. The molecule has 0 atom stereocenters. The largest absolute Gasteiger partial charge is 0.416 e. The van der Waals surface area contributed by atoms with Gasteiger partial charge in [0.05, 0.1) is 11.3 Å². The van der Waals surface area contributed by atoms with E-state index in [0.717, 1.165) is 12.1 Å². The van der Waals surface area contributed by atoms with Crippen molar-refractivity contribution in [3.8, 4) is 22.3 Å². The molecule has 1 heterocycles. The predicted octanol–water partition coefficient (Wildman–Crippen LogP) is 5.89. The molecule has 162 valence electrons. The molecule has 4 aromatic rings. The van der Waals surface area contributed by atoms with E-state index in [1.165, 1.54) is 18.1 Å². The SMILES string of the molecule is O=C(CSc1nnc[nH]1)Nc1ccc(-c2cc(-c3ccccc3)cc(C(F)(F)F)c2)cc1. The van der Waals surface area contributed by atoms with Crippen molar-refractivity contribution in [1.29, 1.82) is 0 Å². The number of halogens is 3. The van der Waals surface area contributed by atoms with Crippen molar-refractivity contribution < 1.29 is 18.0 Å². The second-order valence-corrected chi connectivity index (χ2v) is 7.84. The lowest BCUT2D eigenvalue weighted by atomic mass is 9.96. The van der Waals surface area contributed by atoms with E-state index in [1.54, 1.807) is 54.6 Å². The number of hydrogen-bond acceptors (Lipinski definition) is 4. The summed E-state index contributed by atoms with van der Waals surface area (Å²) in [5.74, 6) is -0.0880. The molecular weight excluding hydrogens is 437 g/mol. The fourth-order valence-corrected chi connectivity index (χ4v) is 3.68. The van der Waals surface area contributed by atoms with Crippen LogP contribution in [-0.4, -0.2) is 26.8 Å². The highest BCUT2D eigenvalue weighted by Crippen LogP contribution is 2.36. The number of aromatic amines is 1. The molecule has 2 N–H and O–H groups in total. The first-order valence-electron chi connectivity index (χ1n) is 9.55. The standard InChI is InChI=1S/C23H17F3N4OS/c24-23(25,26)19-11-17(15-4-2-1-3-5-15)10-18(12-19)16-6-8-20(9-7-16)29-21(31)13-32-22-27-14-28-30-22/h1-12,14H,13H2,(H,29,31)(H,27,28,30). The van der Waals surface area contributed by atoms with Crippen molar-refractivity contribution >= 4 is 23.4 Å². The lowest BCUT2D eigenvalue weighted by Gasteiger charge is -2.13. The highest BCUT2D eigenvalue weighted by Gasteiger charge is 2.31. The summed E-state index contributed by atoms with van der Waals surface area (Å²) in [4.78, 5) is 14.9. The van der Waals surface area contributed by atoms with Crippen molar-refractivity contribution in [1.82, 2.24) is 15.2 Å². The topological polar surface area (TPSA) is 70.7 Å². The average molecular weight is 454 g/mol. The van der Waals surface area contributed by atoms with Crippen LogP contribution < -0.4 is 5.32 Å². The van der Waals surface area contributed by atoms with Gasteiger partial charge in [-0.15, -0.1) is 10.2 Å². The number of aromatic nitrogens is 3. The lowest BCUT2D eigenvalue weighted by molar-refractivity contribution is -0.137. The summed E-state index contributed by atoms with van der Waals surface area (Å²) in [7, 11) is 0. The Morgan fingerprint density at radius 2 is 1.56 bits per heavy atom. The molecule has 1 amide bonds. The van der Waals surface area contributed by atoms with E-state index in [-0.39, 0.29) is 11.7 Å². The summed E-state index contributed by atoms with van der Waals surface area (Å²) in [5.41, 5.74) is 2.08. The van der Waals surface area contributed by atoms with Gasteiger partial charge in [-0.05, 0) is 52.6 Å². The molecule has 32 heavy (non-hydrogen) atoms. The summed E-state index contributed by atoms with van der Waals surface area (Å²) < 4.78 is 40.5. The molecule has 9 heteroatoms. The van der Waals surface area contributed by atoms with E-state index in [2.05, 4.69) is 20.5 Å². The molecule has 0 spiro atoms. The van der Waals surface area contributed by atoms with Gasteiger partial charge in [0.25, 0.3) is 0 Å². The predicted molar refractivity (Wildman–Crippen MR) is 118 cm³/mol. The number of benzene rings is 3. The third-order valence-electron chi connectivity index (χ3n) is 4.60. The minimum atomic E-state index is -4.46. The van der Waals surface area contributed by atoms with Crippen LogP contribution in [0.3, 0.4) is 0 Å². The van der Waals surface area contributed by atoms with Crippen LogP contribution in [0.4, 0.5) is 18.9 Å². The summed E-state index contributed by atoms with van der Waals surface area (Å²) in [6.45, 7) is 0. The maximum atomic E-state index is 13.5. The Morgan fingerprint density at radius 3 is 2.16 bits per heavy atom. The monoisotopic (exact) mass is 454 g/mol. The summed E-state index contributed by atoms with van der Waals surface area (Å²) in [6.07, 6.45) is -3.04. The molecule has 0 unspecified atom stereocenters. The van der Waals surface area contributed by atoms with Gasteiger partial charge in [-0.2, -0.15) is 13.2 Å². The van der Waals surface area contributed by atoms with Crippen LogP contribution in [0.25, 0.3) is 22.3 Å². The second kappa shape index (κ2) is 9.27. The second-order valence-electron chi connectivity index (χ2n) is 6.87. The number of alkyl halides is 3. The number of anilines is 1. The van der Waals surface area contributed by atoms with Crippen molar-refractivity contribution in [2.24, 2.45) is 0 Å². The van der Waals surface area contributed by atoms with Crippen molar-refractivity contribution in [3.63, 3.8) is 0 Å². The number of nitrogens with zero attached hydrogens (tertiary/aromatic N) is 2. The minimum absolute atomic E-state index is 0.144. The molecule has 0 saturated carbocycles. The quantitative estimate of drug-likeness (QED) is 0.357. The van der Waals surface area contributed by atoms with Crippen LogP contribution in [0, 0.1) is 0 Å². The summed E-state index contributed by atoms with van der Waals surface area (Å²) in [5, 5.41) is 10.7. The Morgan fingerprint density at radius 1 is 0.906 bits per heavy atom. The van der Waals surface area contributed by atoms with Gasteiger partial charge in [-0.25, -0.2) is 0 Å². The lowest BCUT2D eigenvalue weighted by Crippen LogP contribution is -2.14. The van der Waals surface area contributed by atoms with E-state index in [4.69, 9.17) is 0 Å². The van der Waals surface area contributed by atoms with E-state index >= 15 is 0 Å². The molecule has 0 bridgehead atoms. The maximum Gasteiger partial charge on any atom is 0.416 e. The van der Waals surface area contributed by atoms with Gasteiger partial charge in [0.15, 0.2) is 5.16 Å². The normalized spacial score (nSPS) is 11.3. The fraction of sp³-hybridized carbons (Fsp3) is 0.0870. The maximum absolute atomic E-state index is 13.5. The van der Waals surface area contributed by atoms with Gasteiger partial charge >= 0.3 is 6.18 Å². The summed E-state index contributed by atoms with van der Waals surface area (Å²) >= 11 is 1.21. The molecule has 0 radical (unpaired) electrons. The Balaban J connectivity index is 1.54. The fourth-order valence-electron chi connectivity index (χ4n) is 3.10. The highest BCUT2D eigenvalue weighted by atomic mass is 32.2. The van der Waals surface area contributed by atoms with Gasteiger partial charge in [0.1, 0.15) is 6.33 Å². The van der Waals surface area contributed by atoms with Crippen LogP contribution in [0.5, 0.6) is 0 Å². The number of carbonyl (C=O) groups is 1. The number of nitrogens with one attached hydrogen (secondary N) is 2. The van der Waals surface area contributed by atoms with Crippen molar-refractivity contribution in [2.75, 3.05) is 11.1 Å². The van der Waals surface area contributed by atoms with Gasteiger partial charge in [-0.3, -0.25) is 4.79 Å². The zero-order valence-electron chi connectivity index (χ0n) is 16.6. The number of rotatable bonds is 6. The Kier molecular flexibility index (Phi) is 6.27. The molecule has 0 fully saturated rings. The third kappa shape index (κ3) is 5.36. The molecule has 0 saturated heterocycles. The highest BCUT2D eigenvalue weighted by molar-refractivity contribution is 7.99. The van der Waals surface area contributed by atoms with E-state index < -0.39 is 11.7 Å². The van der Waals surface area contributed by atoms with Crippen molar-refractivity contribution in [2.45, 2.75) is 11.3 Å². The van der Waals surface area contributed by atoms with Crippen LogP contribution in [0.2, 0.25) is 0 Å². The third-order valence-corrected chi connectivity index (χ3v) is 5.48. The molecule has 3 aromatic carbocycles. The zero-order chi connectivity index (χ0) is 22.6. The number of H-pyrrole nitrogens is 1. The molecule has 4 rings (SSSR count). The van der Waals surface area contributed by atoms with Crippen LogP contribution >= 0.6 is 11.8 Å². The van der Waals surface area contributed by atoms with E-state index in [0.29, 0.717) is 33.1 Å². The van der Waals surface area contributed by atoms with Crippen molar-refractivity contribution in [3.05, 3.63) is 84.7 Å². The first-order valence-corrected chi connectivity index (χ1v) is 10.5. The molecule has 0 aliphatic heterocycles. The Hall–Kier alpha value is -3.59. The van der Waals surface area contributed by atoms with Crippen LogP contribution in [-0.2, 0) is 11.0 Å². The Bertz CT molecular complexity index is 1190. The van der Waals surface area contributed by atoms with Crippen LogP contribution in [0.15, 0.2) is 84.3 Å². The molecule has 0 aliphatic carbocycles. The first kappa shape index (κ1) is 21.6. The number of amides is 1. The minimum Gasteiger partial charge on any atom is -0.325 e. The van der Waals surface area contributed by atoms with Crippen LogP contribution in [0.1, 0.15) is 5.56 Å². The number of hydrogen-bond donors (Lipinski definition) is 2. The zero-order valence-corrected chi connectivity index (χ0v) is 17.4. The number of carbonyl (C=O) groups excluding carboxylic acids is 1. The Labute approximate surface area is 186 Å².